The molecule has 34 heavy (non-hydrogen) atoms. The summed E-state index contributed by atoms with van der Waals surface area (Å²) in [5.41, 5.74) is 8.58. The standard InChI is InChI=1S/C28H23Br2N3O/c1-34-28-17-26(24-3-2-12-31-24)33-27(28)16-25-20(13-18-4-8-21(29)9-5-18)15-23(32-25)14-19-6-10-22(30)11-7-19/h2-12,15-17,31-32H,13-14H2,1H3/b27-16-. The maximum Gasteiger partial charge on any atom is 0.146 e. The number of ether oxygens (including phenoxy) is 1. The molecule has 1 aliphatic rings. The highest BCUT2D eigenvalue weighted by Crippen LogP contribution is 2.28. The zero-order valence-corrected chi connectivity index (χ0v) is 21.8. The second kappa shape index (κ2) is 10.0. The second-order valence-corrected chi connectivity index (χ2v) is 9.99. The molecule has 1 aliphatic heterocycles. The van der Waals surface area contributed by atoms with Gasteiger partial charge in [0.2, 0.25) is 0 Å². The number of nitrogens with one attached hydrogen (secondary N) is 2. The van der Waals surface area contributed by atoms with Crippen molar-refractivity contribution in [3.05, 3.63) is 133 Å². The number of nitrogens with zero attached hydrogens (tertiary/aromatic N) is 1. The highest BCUT2D eigenvalue weighted by Gasteiger charge is 2.18. The number of aromatic nitrogens is 2. The Labute approximate surface area is 215 Å². The van der Waals surface area contributed by atoms with Crippen LogP contribution in [-0.2, 0) is 17.6 Å². The first-order chi connectivity index (χ1) is 16.6. The molecule has 0 unspecified atom stereocenters. The number of aromatic amines is 2. The highest BCUT2D eigenvalue weighted by atomic mass is 79.9. The number of benzene rings is 2. The first-order valence-corrected chi connectivity index (χ1v) is 12.6. The lowest BCUT2D eigenvalue weighted by atomic mass is 10.0. The summed E-state index contributed by atoms with van der Waals surface area (Å²) < 4.78 is 7.81. The molecule has 2 aromatic carbocycles. The van der Waals surface area contributed by atoms with Gasteiger partial charge in [0.15, 0.2) is 0 Å². The normalized spacial score (nSPS) is 14.4. The van der Waals surface area contributed by atoms with Crippen LogP contribution < -0.4 is 0 Å². The molecule has 4 aromatic rings. The Morgan fingerprint density at radius 1 is 0.912 bits per heavy atom. The van der Waals surface area contributed by atoms with E-state index in [2.05, 4.69) is 103 Å². The molecule has 0 amide bonds. The summed E-state index contributed by atoms with van der Waals surface area (Å²) in [6.45, 7) is 0. The van der Waals surface area contributed by atoms with Gasteiger partial charge in [-0.2, -0.15) is 0 Å². The molecule has 4 nitrogen and oxygen atoms in total. The third-order valence-electron chi connectivity index (χ3n) is 5.74. The molecule has 5 rings (SSSR count). The second-order valence-electron chi connectivity index (χ2n) is 8.16. The van der Waals surface area contributed by atoms with E-state index in [0.717, 1.165) is 56.0 Å². The lowest BCUT2D eigenvalue weighted by Gasteiger charge is -2.04. The van der Waals surface area contributed by atoms with Crippen LogP contribution in [0.25, 0.3) is 6.08 Å². The Morgan fingerprint density at radius 2 is 1.59 bits per heavy atom. The van der Waals surface area contributed by atoms with E-state index < -0.39 is 0 Å². The van der Waals surface area contributed by atoms with Gasteiger partial charge in [-0.3, -0.25) is 0 Å². The van der Waals surface area contributed by atoms with Crippen LogP contribution in [0.3, 0.4) is 0 Å². The van der Waals surface area contributed by atoms with E-state index in [1.807, 2.05) is 24.4 Å². The number of rotatable bonds is 7. The topological polar surface area (TPSA) is 53.2 Å². The smallest absolute Gasteiger partial charge is 0.146 e. The third-order valence-corrected chi connectivity index (χ3v) is 6.80. The van der Waals surface area contributed by atoms with E-state index in [0.29, 0.717) is 0 Å². The van der Waals surface area contributed by atoms with Gasteiger partial charge in [-0.1, -0.05) is 56.1 Å². The molecule has 2 N–H and O–H groups in total. The van der Waals surface area contributed by atoms with Gasteiger partial charge in [-0.25, -0.2) is 4.99 Å². The van der Waals surface area contributed by atoms with E-state index in [1.165, 1.54) is 16.7 Å². The molecule has 0 bridgehead atoms. The van der Waals surface area contributed by atoms with E-state index in [9.17, 15) is 0 Å². The Bertz CT molecular complexity index is 1380. The maximum atomic E-state index is 5.65. The van der Waals surface area contributed by atoms with Gasteiger partial charge < -0.3 is 14.7 Å². The molecule has 0 saturated carbocycles. The zero-order valence-electron chi connectivity index (χ0n) is 18.6. The van der Waals surface area contributed by atoms with Crippen LogP contribution in [0.1, 0.15) is 33.8 Å². The van der Waals surface area contributed by atoms with Crippen molar-refractivity contribution < 1.29 is 4.74 Å². The minimum atomic E-state index is 0.753. The van der Waals surface area contributed by atoms with Gasteiger partial charge in [-0.05, 0) is 71.7 Å². The van der Waals surface area contributed by atoms with Gasteiger partial charge in [0.25, 0.3) is 0 Å². The molecular formula is C28H23Br2N3O. The Balaban J connectivity index is 1.51. The minimum Gasteiger partial charge on any atom is -0.494 e. The molecule has 0 radical (unpaired) electrons. The van der Waals surface area contributed by atoms with Crippen molar-refractivity contribution in [1.82, 2.24) is 9.97 Å². The van der Waals surface area contributed by atoms with Crippen molar-refractivity contribution >= 4 is 43.6 Å². The average molecular weight is 577 g/mol. The number of allylic oxidation sites excluding steroid dienone is 1. The Morgan fingerprint density at radius 3 is 2.21 bits per heavy atom. The molecule has 170 valence electrons. The predicted molar refractivity (Wildman–Crippen MR) is 145 cm³/mol. The summed E-state index contributed by atoms with van der Waals surface area (Å²) in [5.74, 6) is 0.753. The van der Waals surface area contributed by atoms with E-state index in [1.54, 1.807) is 7.11 Å². The molecule has 0 saturated heterocycles. The molecule has 0 fully saturated rings. The molecular weight excluding hydrogens is 554 g/mol. The number of halogens is 2. The van der Waals surface area contributed by atoms with Crippen molar-refractivity contribution in [2.24, 2.45) is 4.99 Å². The molecule has 3 heterocycles. The van der Waals surface area contributed by atoms with Crippen LogP contribution in [0.2, 0.25) is 0 Å². The van der Waals surface area contributed by atoms with Gasteiger partial charge in [0, 0.05) is 39.0 Å². The van der Waals surface area contributed by atoms with Crippen molar-refractivity contribution in [2.75, 3.05) is 7.11 Å². The number of hydrogen-bond acceptors (Lipinski definition) is 2. The molecule has 0 spiro atoms. The number of aliphatic imine (C=N–C) groups is 1. The first-order valence-electron chi connectivity index (χ1n) is 11.0. The lowest BCUT2D eigenvalue weighted by molar-refractivity contribution is 0.303. The summed E-state index contributed by atoms with van der Waals surface area (Å²) >= 11 is 7.05. The first kappa shape index (κ1) is 22.7. The van der Waals surface area contributed by atoms with Crippen LogP contribution in [0.15, 0.2) is 104 Å². The third kappa shape index (κ3) is 5.18. The summed E-state index contributed by atoms with van der Waals surface area (Å²) in [6, 6.07) is 23.2. The predicted octanol–water partition coefficient (Wildman–Crippen LogP) is 7.42. The van der Waals surface area contributed by atoms with Crippen LogP contribution in [0.4, 0.5) is 0 Å². The van der Waals surface area contributed by atoms with Crippen LogP contribution in [0, 0.1) is 0 Å². The summed E-state index contributed by atoms with van der Waals surface area (Å²) in [6.07, 6.45) is 7.61. The van der Waals surface area contributed by atoms with Crippen LogP contribution >= 0.6 is 31.9 Å². The fourth-order valence-corrected chi connectivity index (χ4v) is 4.57. The van der Waals surface area contributed by atoms with E-state index in [4.69, 9.17) is 9.73 Å². The minimum absolute atomic E-state index is 0.753. The molecule has 6 heteroatoms. The number of methoxy groups -OCH3 is 1. The Kier molecular flexibility index (Phi) is 6.70. The van der Waals surface area contributed by atoms with Crippen LogP contribution in [-0.4, -0.2) is 22.8 Å². The zero-order chi connectivity index (χ0) is 23.5. The van der Waals surface area contributed by atoms with Crippen molar-refractivity contribution in [1.29, 1.82) is 0 Å². The highest BCUT2D eigenvalue weighted by molar-refractivity contribution is 9.10. The number of hydrogen-bond donors (Lipinski definition) is 2. The fraction of sp³-hybridized carbons (Fsp3) is 0.107. The summed E-state index contributed by atoms with van der Waals surface area (Å²) in [5, 5.41) is 0. The van der Waals surface area contributed by atoms with Crippen molar-refractivity contribution in [3.8, 4) is 0 Å². The quantitative estimate of drug-likeness (QED) is 0.236. The SMILES string of the molecule is COC1=CC(c2ccc[nH]2)=N/C1=C\c1[nH]c(Cc2ccc(Br)cc2)cc1Cc1ccc(Br)cc1. The maximum absolute atomic E-state index is 5.65. The molecule has 0 atom stereocenters. The van der Waals surface area contributed by atoms with Gasteiger partial charge in [-0.15, -0.1) is 0 Å². The van der Waals surface area contributed by atoms with E-state index >= 15 is 0 Å². The number of H-pyrrole nitrogens is 2. The van der Waals surface area contributed by atoms with Gasteiger partial charge in [0.05, 0.1) is 18.5 Å². The molecule has 0 aliphatic carbocycles. The lowest BCUT2D eigenvalue weighted by Crippen LogP contribution is -1.93. The largest absolute Gasteiger partial charge is 0.494 e. The van der Waals surface area contributed by atoms with Crippen molar-refractivity contribution in [3.63, 3.8) is 0 Å². The van der Waals surface area contributed by atoms with Gasteiger partial charge >= 0.3 is 0 Å². The average Bonchev–Trinajstić information content (AvgIpc) is 3.58. The molecule has 2 aromatic heterocycles. The van der Waals surface area contributed by atoms with Gasteiger partial charge in [0.1, 0.15) is 11.5 Å². The van der Waals surface area contributed by atoms with Crippen LogP contribution in [0.5, 0.6) is 0 Å². The Hall–Kier alpha value is -3.09. The fourth-order valence-electron chi connectivity index (χ4n) is 4.04. The summed E-state index contributed by atoms with van der Waals surface area (Å²) in [7, 11) is 1.68. The summed E-state index contributed by atoms with van der Waals surface area (Å²) in [4.78, 5) is 11.7. The van der Waals surface area contributed by atoms with E-state index in [-0.39, 0.29) is 0 Å². The van der Waals surface area contributed by atoms with Crippen molar-refractivity contribution in [2.45, 2.75) is 12.8 Å². The monoisotopic (exact) mass is 575 g/mol.